The van der Waals surface area contributed by atoms with Crippen LogP contribution in [0.4, 0.5) is 11.6 Å². The molecule has 0 fully saturated rings. The van der Waals surface area contributed by atoms with Gasteiger partial charge in [0.2, 0.25) is 0 Å². The second-order valence-electron chi connectivity index (χ2n) is 5.29. The summed E-state index contributed by atoms with van der Waals surface area (Å²) in [4.78, 5) is 33.7. The van der Waals surface area contributed by atoms with Crippen LogP contribution in [0, 0.1) is 10.1 Å². The minimum Gasteiger partial charge on any atom is -0.494 e. The van der Waals surface area contributed by atoms with Gasteiger partial charge >= 0.3 is 11.9 Å². The summed E-state index contributed by atoms with van der Waals surface area (Å²) in [5.74, 6) is -0.938. The van der Waals surface area contributed by atoms with Crippen molar-refractivity contribution in [1.82, 2.24) is 0 Å². The van der Waals surface area contributed by atoms with Crippen LogP contribution in [0.2, 0.25) is 0 Å². The zero-order chi connectivity index (χ0) is 19.8. The second-order valence-corrected chi connectivity index (χ2v) is 5.29. The Morgan fingerprint density at radius 1 is 1.26 bits per heavy atom. The molecule has 9 heteroatoms. The number of anilines is 1. The van der Waals surface area contributed by atoms with Gasteiger partial charge in [-0.25, -0.2) is 4.79 Å². The molecule has 1 N–H and O–H groups in total. The van der Waals surface area contributed by atoms with Crippen molar-refractivity contribution in [3.63, 3.8) is 0 Å². The summed E-state index contributed by atoms with van der Waals surface area (Å²) in [6, 6.07) is 9.26. The molecule has 0 aliphatic carbocycles. The summed E-state index contributed by atoms with van der Waals surface area (Å²) >= 11 is 0. The van der Waals surface area contributed by atoms with E-state index in [-0.39, 0.29) is 5.76 Å². The monoisotopic (exact) mass is 374 g/mol. The van der Waals surface area contributed by atoms with Crippen molar-refractivity contribution in [2.24, 2.45) is 0 Å². The van der Waals surface area contributed by atoms with E-state index >= 15 is 0 Å². The van der Waals surface area contributed by atoms with Gasteiger partial charge in [0.1, 0.15) is 16.4 Å². The van der Waals surface area contributed by atoms with Gasteiger partial charge < -0.3 is 19.2 Å². The standard InChI is InChI=1S/C18H18N2O7/c1-3-25-14-6-4-13(5-7-14)19-18(22)12(2)26-17(21)11-9-15-8-10-16(27-15)20(23)24/h4-12H,3H2,1-2H3,(H,19,22)/b11-9+/t12-/m0/s1. The fourth-order valence-corrected chi connectivity index (χ4v) is 1.99. The number of rotatable bonds is 8. The lowest BCUT2D eigenvalue weighted by molar-refractivity contribution is -0.402. The van der Waals surface area contributed by atoms with Crippen molar-refractivity contribution < 1.29 is 28.4 Å². The highest BCUT2D eigenvalue weighted by Crippen LogP contribution is 2.17. The Kier molecular flexibility index (Phi) is 6.70. The Morgan fingerprint density at radius 3 is 2.56 bits per heavy atom. The molecule has 1 heterocycles. The van der Waals surface area contributed by atoms with Crippen LogP contribution in [-0.2, 0) is 14.3 Å². The fraction of sp³-hybridized carbons (Fsp3) is 0.222. The molecule has 0 spiro atoms. The van der Waals surface area contributed by atoms with Gasteiger partial charge in [-0.15, -0.1) is 0 Å². The number of hydrogen-bond acceptors (Lipinski definition) is 7. The van der Waals surface area contributed by atoms with E-state index in [4.69, 9.17) is 13.9 Å². The molecule has 1 atom stereocenters. The number of nitrogens with one attached hydrogen (secondary N) is 1. The van der Waals surface area contributed by atoms with Crippen molar-refractivity contribution in [1.29, 1.82) is 0 Å². The Balaban J connectivity index is 1.86. The van der Waals surface area contributed by atoms with Crippen LogP contribution < -0.4 is 10.1 Å². The van der Waals surface area contributed by atoms with Crippen LogP contribution in [0.1, 0.15) is 19.6 Å². The molecule has 0 aliphatic heterocycles. The van der Waals surface area contributed by atoms with Gasteiger partial charge in [-0.05, 0) is 50.3 Å². The zero-order valence-corrected chi connectivity index (χ0v) is 14.7. The summed E-state index contributed by atoms with van der Waals surface area (Å²) in [7, 11) is 0. The number of carbonyl (C=O) groups is 2. The molecule has 1 aromatic carbocycles. The number of nitrogens with zero attached hydrogens (tertiary/aromatic N) is 1. The molecule has 27 heavy (non-hydrogen) atoms. The van der Waals surface area contributed by atoms with Gasteiger partial charge in [0.15, 0.2) is 6.10 Å². The maximum Gasteiger partial charge on any atom is 0.433 e. The van der Waals surface area contributed by atoms with E-state index in [1.54, 1.807) is 24.3 Å². The fourth-order valence-electron chi connectivity index (χ4n) is 1.99. The van der Waals surface area contributed by atoms with Gasteiger partial charge in [0.05, 0.1) is 12.7 Å². The van der Waals surface area contributed by atoms with Crippen LogP contribution in [0.5, 0.6) is 5.75 Å². The number of esters is 1. The topological polar surface area (TPSA) is 121 Å². The van der Waals surface area contributed by atoms with Crippen LogP contribution in [0.15, 0.2) is 46.9 Å². The maximum absolute atomic E-state index is 12.1. The van der Waals surface area contributed by atoms with Crippen LogP contribution in [-0.4, -0.2) is 29.5 Å². The Labute approximate surface area is 154 Å². The smallest absolute Gasteiger partial charge is 0.433 e. The zero-order valence-electron chi connectivity index (χ0n) is 14.7. The molecule has 1 aromatic heterocycles. The quantitative estimate of drug-likeness (QED) is 0.326. The first kappa shape index (κ1) is 19.7. The average molecular weight is 374 g/mol. The molecular formula is C18H18N2O7. The number of benzene rings is 1. The van der Waals surface area contributed by atoms with E-state index < -0.39 is 28.8 Å². The number of carbonyl (C=O) groups excluding carboxylic acids is 2. The molecule has 0 unspecified atom stereocenters. The van der Waals surface area contributed by atoms with Crippen molar-refractivity contribution in [3.05, 3.63) is 58.3 Å². The van der Waals surface area contributed by atoms with Crippen LogP contribution >= 0.6 is 0 Å². The summed E-state index contributed by atoms with van der Waals surface area (Å²) in [5, 5.41) is 13.1. The van der Waals surface area contributed by atoms with Crippen molar-refractivity contribution in [2.75, 3.05) is 11.9 Å². The predicted octanol–water partition coefficient (Wildman–Crippen LogP) is 3.17. The normalized spacial score (nSPS) is 11.8. The number of hydrogen-bond donors (Lipinski definition) is 1. The predicted molar refractivity (Wildman–Crippen MR) is 96.2 cm³/mol. The number of ether oxygens (including phenoxy) is 2. The number of nitro groups is 1. The SMILES string of the molecule is CCOc1ccc(NC(=O)[C@H](C)OC(=O)/C=C/c2ccc([N+](=O)[O-])o2)cc1. The first-order valence-corrected chi connectivity index (χ1v) is 8.05. The summed E-state index contributed by atoms with van der Waals surface area (Å²) in [5.41, 5.74) is 0.532. The lowest BCUT2D eigenvalue weighted by Crippen LogP contribution is -2.29. The summed E-state index contributed by atoms with van der Waals surface area (Å²) in [6.45, 7) is 3.83. The molecule has 1 amide bonds. The molecule has 0 aliphatic rings. The van der Waals surface area contributed by atoms with E-state index in [9.17, 15) is 19.7 Å². The van der Waals surface area contributed by atoms with Crippen molar-refractivity contribution >= 4 is 29.5 Å². The summed E-state index contributed by atoms with van der Waals surface area (Å²) in [6.07, 6.45) is 1.19. The molecule has 2 rings (SSSR count). The maximum atomic E-state index is 12.1. The van der Waals surface area contributed by atoms with Gasteiger partial charge in [-0.3, -0.25) is 14.9 Å². The minimum absolute atomic E-state index is 0.116. The lowest BCUT2D eigenvalue weighted by atomic mass is 10.3. The molecule has 0 bridgehead atoms. The van der Waals surface area contributed by atoms with Gasteiger partial charge in [-0.1, -0.05) is 0 Å². The minimum atomic E-state index is -1.04. The molecular weight excluding hydrogens is 356 g/mol. The third-order valence-electron chi connectivity index (χ3n) is 3.27. The highest BCUT2D eigenvalue weighted by molar-refractivity contribution is 5.96. The molecule has 0 saturated carbocycles. The van der Waals surface area contributed by atoms with E-state index in [0.29, 0.717) is 18.0 Å². The Hall–Kier alpha value is -3.62. The van der Waals surface area contributed by atoms with Crippen LogP contribution in [0.25, 0.3) is 6.08 Å². The highest BCUT2D eigenvalue weighted by Gasteiger charge is 2.17. The molecule has 142 valence electrons. The van der Waals surface area contributed by atoms with E-state index in [1.165, 1.54) is 19.1 Å². The largest absolute Gasteiger partial charge is 0.494 e. The Bertz CT molecular complexity index is 840. The third kappa shape index (κ3) is 5.99. The van der Waals surface area contributed by atoms with E-state index in [1.807, 2.05) is 6.92 Å². The van der Waals surface area contributed by atoms with Gasteiger partial charge in [-0.2, -0.15) is 0 Å². The number of furan rings is 1. The highest BCUT2D eigenvalue weighted by atomic mass is 16.6. The first-order chi connectivity index (χ1) is 12.9. The van der Waals surface area contributed by atoms with Gasteiger partial charge in [0, 0.05) is 11.8 Å². The Morgan fingerprint density at radius 2 is 1.96 bits per heavy atom. The lowest BCUT2D eigenvalue weighted by Gasteiger charge is -2.12. The second kappa shape index (κ2) is 9.18. The van der Waals surface area contributed by atoms with Crippen molar-refractivity contribution in [3.8, 4) is 5.75 Å². The third-order valence-corrected chi connectivity index (χ3v) is 3.27. The molecule has 0 radical (unpaired) electrons. The molecule has 9 nitrogen and oxygen atoms in total. The average Bonchev–Trinajstić information content (AvgIpc) is 3.11. The van der Waals surface area contributed by atoms with E-state index in [2.05, 4.69) is 5.32 Å². The number of amides is 1. The summed E-state index contributed by atoms with van der Waals surface area (Å²) < 4.78 is 15.2. The van der Waals surface area contributed by atoms with E-state index in [0.717, 1.165) is 12.1 Å². The van der Waals surface area contributed by atoms with Gasteiger partial charge in [0.25, 0.3) is 5.91 Å². The van der Waals surface area contributed by atoms with Crippen LogP contribution in [0.3, 0.4) is 0 Å². The first-order valence-electron chi connectivity index (χ1n) is 8.05. The molecule has 0 saturated heterocycles. The van der Waals surface area contributed by atoms with Crippen molar-refractivity contribution in [2.45, 2.75) is 20.0 Å². The molecule has 2 aromatic rings.